The zero-order chi connectivity index (χ0) is 12.1. The lowest BCUT2D eigenvalue weighted by atomic mass is 10.1. The molecule has 2 saturated carbocycles. The zero-order valence-electron chi connectivity index (χ0n) is 10.4. The van der Waals surface area contributed by atoms with Gasteiger partial charge in [0.15, 0.2) is 0 Å². The Morgan fingerprint density at radius 3 is 2.94 bits per heavy atom. The zero-order valence-corrected chi connectivity index (χ0v) is 10.4. The van der Waals surface area contributed by atoms with Crippen LogP contribution in [0.25, 0.3) is 0 Å². The molecule has 3 nitrogen and oxygen atoms in total. The second kappa shape index (κ2) is 3.74. The maximum Gasteiger partial charge on any atom is 0.228 e. The molecule has 3 heteroatoms. The molecule has 2 aliphatic carbocycles. The average Bonchev–Trinajstić information content (AvgIpc) is 2.78. The lowest BCUT2D eigenvalue weighted by Crippen LogP contribution is -2.16. The number of nitrogens with one attached hydrogen (secondary N) is 2. The molecule has 2 fully saturated rings. The van der Waals surface area contributed by atoms with Gasteiger partial charge in [0.25, 0.3) is 0 Å². The van der Waals surface area contributed by atoms with E-state index >= 15 is 0 Å². The van der Waals surface area contributed by atoms with Gasteiger partial charge in [-0.2, -0.15) is 0 Å². The van der Waals surface area contributed by atoms with Crippen molar-refractivity contribution in [1.82, 2.24) is 0 Å². The normalized spacial score (nSPS) is 31.4. The molecule has 0 bridgehead atoms. The van der Waals surface area contributed by atoms with Crippen molar-refractivity contribution < 1.29 is 4.79 Å². The van der Waals surface area contributed by atoms with Crippen LogP contribution in [-0.2, 0) is 11.2 Å². The molecule has 1 aliphatic heterocycles. The summed E-state index contributed by atoms with van der Waals surface area (Å²) in [5, 5.41) is 6.43. The maximum atomic E-state index is 12.2. The summed E-state index contributed by atoms with van der Waals surface area (Å²) < 4.78 is 0. The van der Waals surface area contributed by atoms with Gasteiger partial charge in [0.05, 0.1) is 0 Å². The average molecular weight is 242 g/mol. The van der Waals surface area contributed by atoms with E-state index in [-0.39, 0.29) is 5.91 Å². The highest BCUT2D eigenvalue weighted by molar-refractivity contribution is 5.95. The van der Waals surface area contributed by atoms with Gasteiger partial charge in [-0.05, 0) is 54.9 Å². The van der Waals surface area contributed by atoms with Gasteiger partial charge < -0.3 is 10.6 Å². The first-order valence-electron chi connectivity index (χ1n) is 7.00. The lowest BCUT2D eigenvalue weighted by molar-refractivity contribution is -0.118. The summed E-state index contributed by atoms with van der Waals surface area (Å²) >= 11 is 0. The SMILES string of the molecule is O=C(Nc1ccc2c(c1)CCN2)C1C2CCCC21. The Balaban J connectivity index is 1.47. The van der Waals surface area contributed by atoms with Gasteiger partial charge in [-0.3, -0.25) is 4.79 Å². The van der Waals surface area contributed by atoms with E-state index in [9.17, 15) is 4.79 Å². The Morgan fingerprint density at radius 2 is 2.11 bits per heavy atom. The van der Waals surface area contributed by atoms with Gasteiger partial charge in [0.1, 0.15) is 0 Å². The third-order valence-electron chi connectivity index (χ3n) is 4.79. The Kier molecular flexibility index (Phi) is 2.16. The van der Waals surface area contributed by atoms with E-state index in [0.717, 1.165) is 18.7 Å². The molecule has 2 N–H and O–H groups in total. The summed E-state index contributed by atoms with van der Waals surface area (Å²) in [6.45, 7) is 1.01. The molecule has 0 spiro atoms. The van der Waals surface area contributed by atoms with Crippen molar-refractivity contribution in [3.8, 4) is 0 Å². The molecule has 0 aromatic heterocycles. The Hall–Kier alpha value is -1.51. The Labute approximate surface area is 107 Å². The van der Waals surface area contributed by atoms with Crippen molar-refractivity contribution in [3.63, 3.8) is 0 Å². The molecule has 1 aromatic rings. The summed E-state index contributed by atoms with van der Waals surface area (Å²) in [6, 6.07) is 6.20. The van der Waals surface area contributed by atoms with E-state index in [0.29, 0.717) is 17.8 Å². The second-order valence-corrected chi connectivity index (χ2v) is 5.82. The first-order chi connectivity index (χ1) is 8.83. The molecule has 1 aromatic carbocycles. The molecule has 0 radical (unpaired) electrons. The van der Waals surface area contributed by atoms with Crippen LogP contribution >= 0.6 is 0 Å². The summed E-state index contributed by atoms with van der Waals surface area (Å²) in [4.78, 5) is 12.2. The van der Waals surface area contributed by atoms with Gasteiger partial charge in [-0.15, -0.1) is 0 Å². The molecular weight excluding hydrogens is 224 g/mol. The van der Waals surface area contributed by atoms with Gasteiger partial charge >= 0.3 is 0 Å². The van der Waals surface area contributed by atoms with Crippen LogP contribution in [0.15, 0.2) is 18.2 Å². The minimum absolute atomic E-state index is 0.246. The molecule has 2 atom stereocenters. The number of benzene rings is 1. The summed E-state index contributed by atoms with van der Waals surface area (Å²) in [7, 11) is 0. The summed E-state index contributed by atoms with van der Waals surface area (Å²) in [5.41, 5.74) is 3.51. The fourth-order valence-electron chi connectivity index (χ4n) is 3.82. The quantitative estimate of drug-likeness (QED) is 0.837. The smallest absolute Gasteiger partial charge is 0.228 e. The number of anilines is 2. The summed E-state index contributed by atoms with van der Waals surface area (Å²) in [5.74, 6) is 1.95. The number of hydrogen-bond acceptors (Lipinski definition) is 2. The fourth-order valence-corrected chi connectivity index (χ4v) is 3.82. The number of carbonyl (C=O) groups excluding carboxylic acids is 1. The molecule has 1 heterocycles. The van der Waals surface area contributed by atoms with E-state index < -0.39 is 0 Å². The standard InChI is InChI=1S/C15H18N2O/c18-15(14-11-2-1-3-12(11)14)17-10-4-5-13-9(8-10)6-7-16-13/h4-5,8,11-12,14,16H,1-3,6-7H2,(H,17,18). The van der Waals surface area contributed by atoms with Crippen LogP contribution in [-0.4, -0.2) is 12.5 Å². The van der Waals surface area contributed by atoms with E-state index in [1.807, 2.05) is 6.07 Å². The molecule has 3 aliphatic rings. The van der Waals surface area contributed by atoms with Crippen molar-refractivity contribution in [2.75, 3.05) is 17.2 Å². The topological polar surface area (TPSA) is 41.1 Å². The minimum Gasteiger partial charge on any atom is -0.384 e. The van der Waals surface area contributed by atoms with Crippen molar-refractivity contribution in [1.29, 1.82) is 0 Å². The first kappa shape index (κ1) is 10.4. The Bertz CT molecular complexity index is 501. The largest absolute Gasteiger partial charge is 0.384 e. The predicted octanol–water partition coefficient (Wildman–Crippen LogP) is 2.64. The molecule has 2 unspecified atom stereocenters. The van der Waals surface area contributed by atoms with E-state index in [1.165, 1.54) is 30.5 Å². The van der Waals surface area contributed by atoms with Crippen LogP contribution in [0, 0.1) is 17.8 Å². The van der Waals surface area contributed by atoms with Crippen LogP contribution in [0.2, 0.25) is 0 Å². The number of hydrogen-bond donors (Lipinski definition) is 2. The van der Waals surface area contributed by atoms with Gasteiger partial charge in [0, 0.05) is 23.8 Å². The highest BCUT2D eigenvalue weighted by Gasteiger charge is 2.56. The lowest BCUT2D eigenvalue weighted by Gasteiger charge is -2.08. The predicted molar refractivity (Wildman–Crippen MR) is 71.6 cm³/mol. The van der Waals surface area contributed by atoms with Crippen molar-refractivity contribution in [2.45, 2.75) is 25.7 Å². The van der Waals surface area contributed by atoms with Gasteiger partial charge in [0.2, 0.25) is 5.91 Å². The number of carbonyl (C=O) groups is 1. The van der Waals surface area contributed by atoms with Gasteiger partial charge in [-0.1, -0.05) is 6.42 Å². The number of rotatable bonds is 2. The van der Waals surface area contributed by atoms with Crippen LogP contribution < -0.4 is 10.6 Å². The van der Waals surface area contributed by atoms with Crippen molar-refractivity contribution >= 4 is 17.3 Å². The Morgan fingerprint density at radius 1 is 1.28 bits per heavy atom. The van der Waals surface area contributed by atoms with Crippen LogP contribution in [0.4, 0.5) is 11.4 Å². The minimum atomic E-state index is 0.246. The van der Waals surface area contributed by atoms with E-state index in [1.54, 1.807) is 0 Å². The van der Waals surface area contributed by atoms with Crippen LogP contribution in [0.1, 0.15) is 24.8 Å². The van der Waals surface area contributed by atoms with Crippen LogP contribution in [0.3, 0.4) is 0 Å². The molecule has 1 amide bonds. The van der Waals surface area contributed by atoms with Gasteiger partial charge in [-0.25, -0.2) is 0 Å². The number of amides is 1. The first-order valence-corrected chi connectivity index (χ1v) is 7.00. The highest BCUT2D eigenvalue weighted by atomic mass is 16.2. The maximum absolute atomic E-state index is 12.2. The fraction of sp³-hybridized carbons (Fsp3) is 0.533. The monoisotopic (exact) mass is 242 g/mol. The third kappa shape index (κ3) is 1.53. The number of fused-ring (bicyclic) bond motifs is 2. The third-order valence-corrected chi connectivity index (χ3v) is 4.79. The molecule has 4 rings (SSSR count). The molecular formula is C15H18N2O. The van der Waals surface area contributed by atoms with Crippen LogP contribution in [0.5, 0.6) is 0 Å². The summed E-state index contributed by atoms with van der Waals surface area (Å²) in [6.07, 6.45) is 4.91. The second-order valence-electron chi connectivity index (χ2n) is 5.82. The van der Waals surface area contributed by atoms with Crippen molar-refractivity contribution in [2.24, 2.45) is 17.8 Å². The van der Waals surface area contributed by atoms with E-state index in [2.05, 4.69) is 22.8 Å². The van der Waals surface area contributed by atoms with Crippen molar-refractivity contribution in [3.05, 3.63) is 23.8 Å². The van der Waals surface area contributed by atoms with E-state index in [4.69, 9.17) is 0 Å². The highest BCUT2D eigenvalue weighted by Crippen LogP contribution is 2.57. The molecule has 0 saturated heterocycles. The molecule has 18 heavy (non-hydrogen) atoms. The molecule has 94 valence electrons.